The molecule has 0 aromatic carbocycles. The Kier molecular flexibility index (Phi) is 23.4. The number of aliphatic carboxylic acids is 1. The second-order valence-corrected chi connectivity index (χ2v) is 6.19. The van der Waals surface area contributed by atoms with Crippen molar-refractivity contribution >= 4 is 5.97 Å². The Morgan fingerprint density at radius 1 is 0.594 bits per heavy atom. The summed E-state index contributed by atoms with van der Waals surface area (Å²) < 4.78 is 0. The minimum atomic E-state index is -1.67. The topological polar surface area (TPSA) is 280 Å². The van der Waals surface area contributed by atoms with Crippen molar-refractivity contribution in [2.24, 2.45) is 0 Å². The lowest BCUT2D eigenvalue weighted by molar-refractivity contribution is -0.131. The maximum absolute atomic E-state index is 9.75. The van der Waals surface area contributed by atoms with Crippen LogP contribution in [0.4, 0.5) is 0 Å². The largest absolute Gasteiger partial charge is 0.478 e. The normalized spacial score (nSPS) is 18.9. The highest BCUT2D eigenvalue weighted by Gasteiger charge is 2.30. The van der Waals surface area contributed by atoms with Gasteiger partial charge in [-0.3, -0.25) is 0 Å². The first-order chi connectivity index (χ1) is 14.9. The number of carboxylic acid groups (broad SMARTS) is 1. The van der Waals surface area contributed by atoms with Crippen LogP contribution >= 0.6 is 0 Å². The summed E-state index contributed by atoms with van der Waals surface area (Å²) in [5.41, 5.74) is 0. The molecule has 0 spiro atoms. The van der Waals surface area contributed by atoms with Crippen molar-refractivity contribution in [3.05, 3.63) is 24.3 Å². The van der Waals surface area contributed by atoms with Gasteiger partial charge in [-0.15, -0.1) is 0 Å². The zero-order valence-corrected chi connectivity index (χ0v) is 17.5. The first kappa shape index (κ1) is 35.1. The van der Waals surface area contributed by atoms with Gasteiger partial charge in [0.05, 0.1) is 26.4 Å². The van der Waals surface area contributed by atoms with E-state index in [1.807, 2.05) is 6.92 Å². The lowest BCUT2D eigenvalue weighted by Crippen LogP contribution is -2.46. The Labute approximate surface area is 184 Å². The summed E-state index contributed by atoms with van der Waals surface area (Å²) in [4.78, 5) is 9.75. The van der Waals surface area contributed by atoms with Crippen LogP contribution in [0.5, 0.6) is 0 Å². The quantitative estimate of drug-likeness (QED) is 0.0922. The van der Waals surface area contributed by atoms with Crippen LogP contribution in [0.2, 0.25) is 0 Å². The molecule has 13 N–H and O–H groups in total. The lowest BCUT2D eigenvalue weighted by atomic mass is 10.0. The van der Waals surface area contributed by atoms with Crippen molar-refractivity contribution in [3.8, 4) is 0 Å². The van der Waals surface area contributed by atoms with E-state index in [0.29, 0.717) is 0 Å². The third-order valence-electron chi connectivity index (χ3n) is 3.57. The lowest BCUT2D eigenvalue weighted by Gasteiger charge is -2.24. The van der Waals surface area contributed by atoms with Gasteiger partial charge in [0.1, 0.15) is 48.8 Å². The van der Waals surface area contributed by atoms with Crippen LogP contribution in [0.1, 0.15) is 6.92 Å². The highest BCUT2D eigenvalue weighted by atomic mass is 16.4. The second-order valence-electron chi connectivity index (χ2n) is 6.19. The van der Waals surface area contributed by atoms with E-state index in [1.54, 1.807) is 12.2 Å². The summed E-state index contributed by atoms with van der Waals surface area (Å²) in [6.07, 6.45) is -6.80. The van der Waals surface area contributed by atoms with Crippen molar-refractivity contribution in [3.63, 3.8) is 0 Å². The van der Waals surface area contributed by atoms with Crippen molar-refractivity contribution in [2.45, 2.75) is 55.8 Å². The number of carboxylic acids is 1. The molecular weight excluding hydrogens is 440 g/mol. The van der Waals surface area contributed by atoms with E-state index in [4.69, 9.17) is 66.4 Å². The molecule has 8 atom stereocenters. The minimum Gasteiger partial charge on any atom is -0.478 e. The summed E-state index contributed by atoms with van der Waals surface area (Å²) in [6, 6.07) is 0. The van der Waals surface area contributed by atoms with Gasteiger partial charge in [0.2, 0.25) is 0 Å². The molecule has 0 rings (SSSR count). The van der Waals surface area contributed by atoms with Crippen LogP contribution < -0.4 is 0 Å². The van der Waals surface area contributed by atoms with Crippen molar-refractivity contribution in [1.29, 1.82) is 0 Å². The molecule has 0 aromatic rings. The van der Waals surface area contributed by atoms with Crippen LogP contribution in [-0.2, 0) is 4.79 Å². The van der Waals surface area contributed by atoms with Gasteiger partial charge in [-0.1, -0.05) is 18.2 Å². The van der Waals surface area contributed by atoms with Gasteiger partial charge in [0.25, 0.3) is 0 Å². The highest BCUT2D eigenvalue weighted by molar-refractivity contribution is 5.80. The Bertz CT molecular complexity index is 444. The Hall–Kier alpha value is -1.53. The van der Waals surface area contributed by atoms with E-state index >= 15 is 0 Å². The van der Waals surface area contributed by atoms with E-state index in [-0.39, 0.29) is 0 Å². The van der Waals surface area contributed by atoms with Gasteiger partial charge in [0, 0.05) is 6.08 Å². The molecule has 192 valence electrons. The molecule has 0 aliphatic carbocycles. The van der Waals surface area contributed by atoms with E-state index in [2.05, 4.69) is 0 Å². The fourth-order valence-corrected chi connectivity index (χ4v) is 1.59. The number of aliphatic hydroxyl groups is 12. The Morgan fingerprint density at radius 2 is 0.844 bits per heavy atom. The standard InChI is InChI=1S/2C6H14O6.C6H8O2/c2*7-1-3(9)5(11)6(12)4(10)2-8;1-2-3-4-5-6(7)8/h2*3-12H,1-2H2;2-5H,1H3,(H,7,8)/b;;3-2+,5-4+. The number of hydrogen-bond donors (Lipinski definition) is 13. The van der Waals surface area contributed by atoms with Crippen LogP contribution in [0.15, 0.2) is 24.3 Å². The molecule has 14 nitrogen and oxygen atoms in total. The third kappa shape index (κ3) is 17.1. The van der Waals surface area contributed by atoms with Crippen LogP contribution in [-0.4, -0.2) is 148 Å². The molecule has 8 unspecified atom stereocenters. The van der Waals surface area contributed by atoms with Gasteiger partial charge in [-0.2, -0.15) is 0 Å². The van der Waals surface area contributed by atoms with Crippen molar-refractivity contribution in [1.82, 2.24) is 0 Å². The molecule has 0 aliphatic rings. The first-order valence-corrected chi connectivity index (χ1v) is 9.26. The minimum absolute atomic E-state index is 0.726. The fourth-order valence-electron chi connectivity index (χ4n) is 1.59. The fraction of sp³-hybridized carbons (Fsp3) is 0.722. The Balaban J connectivity index is -0.000000404. The van der Waals surface area contributed by atoms with Crippen molar-refractivity contribution in [2.75, 3.05) is 26.4 Å². The van der Waals surface area contributed by atoms with E-state index in [0.717, 1.165) is 6.08 Å². The zero-order chi connectivity index (χ0) is 25.9. The van der Waals surface area contributed by atoms with Gasteiger partial charge in [-0.05, 0) is 6.92 Å². The molecule has 0 saturated heterocycles. The second kappa shape index (κ2) is 21.3. The summed E-state index contributed by atoms with van der Waals surface area (Å²) in [5.74, 6) is -0.914. The monoisotopic (exact) mass is 476 g/mol. The number of carbonyl (C=O) groups is 1. The van der Waals surface area contributed by atoms with Crippen LogP contribution in [0.3, 0.4) is 0 Å². The van der Waals surface area contributed by atoms with Crippen LogP contribution in [0.25, 0.3) is 0 Å². The van der Waals surface area contributed by atoms with Gasteiger partial charge in [0.15, 0.2) is 0 Å². The third-order valence-corrected chi connectivity index (χ3v) is 3.57. The van der Waals surface area contributed by atoms with Gasteiger partial charge >= 0.3 is 5.97 Å². The zero-order valence-electron chi connectivity index (χ0n) is 17.5. The number of allylic oxidation sites excluding steroid dienone is 3. The predicted molar refractivity (Wildman–Crippen MR) is 108 cm³/mol. The SMILES string of the molecule is C/C=C/C=C/C(=O)O.OCC(O)C(O)C(O)C(O)CO.OCC(O)C(O)C(O)C(O)CO. The summed E-state index contributed by atoms with van der Waals surface area (Å²) in [5, 5.41) is 112. The van der Waals surface area contributed by atoms with E-state index < -0.39 is 81.2 Å². The van der Waals surface area contributed by atoms with Crippen LogP contribution in [0, 0.1) is 0 Å². The molecule has 0 bridgehead atoms. The van der Waals surface area contributed by atoms with E-state index in [9.17, 15) is 4.79 Å². The molecule has 0 aromatic heterocycles. The molecule has 14 heteroatoms. The average Bonchev–Trinajstić information content (AvgIpc) is 2.80. The Morgan fingerprint density at radius 3 is 1.00 bits per heavy atom. The number of hydrogen-bond acceptors (Lipinski definition) is 13. The molecule has 0 amide bonds. The molecule has 0 fully saturated rings. The smallest absolute Gasteiger partial charge is 0.328 e. The summed E-state index contributed by atoms with van der Waals surface area (Å²) >= 11 is 0. The summed E-state index contributed by atoms with van der Waals surface area (Å²) in [7, 11) is 0. The predicted octanol–water partition coefficient (Wildman–Crippen LogP) is -5.97. The van der Waals surface area contributed by atoms with E-state index in [1.165, 1.54) is 6.08 Å². The number of aliphatic hydroxyl groups excluding tert-OH is 12. The van der Waals surface area contributed by atoms with Gasteiger partial charge < -0.3 is 66.4 Å². The van der Waals surface area contributed by atoms with Crippen molar-refractivity contribution < 1.29 is 71.2 Å². The van der Waals surface area contributed by atoms with Gasteiger partial charge in [-0.25, -0.2) is 4.79 Å². The first-order valence-electron chi connectivity index (χ1n) is 9.26. The molecule has 32 heavy (non-hydrogen) atoms. The highest BCUT2D eigenvalue weighted by Crippen LogP contribution is 2.04. The maximum atomic E-state index is 9.75. The number of rotatable bonds is 12. The molecule has 0 aliphatic heterocycles. The molecular formula is C18H36O14. The molecule has 0 radical (unpaired) electrons. The average molecular weight is 476 g/mol. The molecule has 0 saturated carbocycles. The maximum Gasteiger partial charge on any atom is 0.328 e. The molecule has 0 heterocycles. The summed E-state index contributed by atoms with van der Waals surface area (Å²) in [6.45, 7) is -1.08.